The third kappa shape index (κ3) is 12.6. The number of carbonyl (C=O) groups is 2. The van der Waals surface area contributed by atoms with Crippen molar-refractivity contribution >= 4 is 231 Å². The molecule has 122 heavy (non-hydrogen) atoms. The predicted octanol–water partition coefficient (Wildman–Crippen LogP) is 26.1. The fourth-order valence-electron chi connectivity index (χ4n) is 16.1. The van der Waals surface area contributed by atoms with E-state index in [1.807, 2.05) is 72.8 Å². The maximum absolute atomic E-state index is 14.4. The first-order valence-corrected chi connectivity index (χ1v) is 42.2. The van der Waals surface area contributed by atoms with Crippen LogP contribution in [0.3, 0.4) is 0 Å². The molecular weight excluding hydrogens is 1680 g/mol. The highest BCUT2D eigenvalue weighted by Crippen LogP contribution is 2.55. The number of nitrogens with zero attached hydrogens (tertiary/aromatic N) is 12. The largest absolute Gasteiger partial charge is 0.354 e. The molecular formula is C98H44Cl4N14O2S4. The van der Waals surface area contributed by atoms with Crippen LogP contribution in [0, 0.1) is 59.5 Å². The number of aromatic nitrogens is 8. The second-order valence-electron chi connectivity index (χ2n) is 28.5. The van der Waals surface area contributed by atoms with Crippen LogP contribution in [0.25, 0.3) is 124 Å². The van der Waals surface area contributed by atoms with Gasteiger partial charge in [-0.3, -0.25) is 9.59 Å². The molecule has 570 valence electrons. The summed E-state index contributed by atoms with van der Waals surface area (Å²) in [6.45, 7) is 15.9. The van der Waals surface area contributed by atoms with E-state index in [1.54, 1.807) is 47.8 Å². The fourth-order valence-corrected chi connectivity index (χ4v) is 20.1. The molecule has 0 saturated heterocycles. The number of hydrogen-bond acceptors (Lipinski definition) is 16. The van der Waals surface area contributed by atoms with Gasteiger partial charge >= 0.3 is 0 Å². The van der Waals surface area contributed by atoms with E-state index >= 15 is 0 Å². The van der Waals surface area contributed by atoms with Crippen molar-refractivity contribution in [3.8, 4) is 58.1 Å². The van der Waals surface area contributed by atoms with Gasteiger partial charge in [-0.05, 0) is 192 Å². The Labute approximate surface area is 732 Å². The number of fused-ring (bicyclic) bond motifs is 16. The number of carbonyl (C=O) groups excluding carboxylic acids is 2. The van der Waals surface area contributed by atoms with Crippen molar-refractivity contribution in [3.05, 3.63) is 362 Å². The van der Waals surface area contributed by atoms with Gasteiger partial charge in [0.2, 0.25) is 0 Å². The van der Waals surface area contributed by atoms with Gasteiger partial charge in [-0.15, -0.1) is 0 Å². The lowest BCUT2D eigenvalue weighted by Crippen LogP contribution is -2.14. The van der Waals surface area contributed by atoms with Crippen LogP contribution >= 0.6 is 93.4 Å². The average Bonchev–Trinajstić information content (AvgIpc) is 1.56. The monoisotopic (exact) mass is 1720 g/mol. The summed E-state index contributed by atoms with van der Waals surface area (Å²) in [6, 6.07) is 75.7. The summed E-state index contributed by atoms with van der Waals surface area (Å²) in [5.41, 5.74) is 20.2. The van der Waals surface area contributed by atoms with Crippen molar-refractivity contribution in [3.63, 3.8) is 0 Å². The third-order valence-electron chi connectivity index (χ3n) is 21.7. The molecule has 0 radical (unpaired) electrons. The highest BCUT2D eigenvalue weighted by Gasteiger charge is 2.37. The topological polar surface area (TPSA) is 206 Å². The van der Waals surface area contributed by atoms with E-state index in [0.717, 1.165) is 99.4 Å². The van der Waals surface area contributed by atoms with Gasteiger partial charge in [-0.25, -0.2) is 30.2 Å². The maximum Gasteiger partial charge on any atom is 0.270 e. The smallest absolute Gasteiger partial charge is 0.270 e. The van der Waals surface area contributed by atoms with Crippen LogP contribution < -0.4 is 9.80 Å². The number of anilines is 6. The lowest BCUT2D eigenvalue weighted by Gasteiger charge is -2.32. The van der Waals surface area contributed by atoms with Crippen molar-refractivity contribution in [1.82, 2.24) is 37.4 Å². The number of aromatic amines is 2. The van der Waals surface area contributed by atoms with E-state index in [0.29, 0.717) is 111 Å². The Morgan fingerprint density at radius 2 is 0.746 bits per heavy atom. The zero-order chi connectivity index (χ0) is 82.7. The van der Waals surface area contributed by atoms with E-state index in [1.165, 1.54) is 24.3 Å². The Kier molecular flexibility index (Phi) is 18.6. The number of para-hydroxylation sites is 4. The number of H-pyrrole nitrogens is 2. The molecule has 0 fully saturated rings. The van der Waals surface area contributed by atoms with Gasteiger partial charge in [0.05, 0.1) is 148 Å². The van der Waals surface area contributed by atoms with Crippen molar-refractivity contribution in [2.45, 2.75) is 19.6 Å². The molecule has 16 nitrogen and oxygen atoms in total. The van der Waals surface area contributed by atoms with Crippen LogP contribution in [-0.2, 0) is 0 Å². The van der Waals surface area contributed by atoms with Gasteiger partial charge in [-0.1, -0.05) is 179 Å². The molecule has 0 atom stereocenters. The average molecular weight is 1720 g/mol. The van der Waals surface area contributed by atoms with Crippen molar-refractivity contribution in [1.29, 1.82) is 10.5 Å². The first-order valence-electron chi connectivity index (χ1n) is 37.6. The number of benzene rings is 10. The molecule has 9 heterocycles. The van der Waals surface area contributed by atoms with Crippen LogP contribution in [0.2, 0.25) is 20.1 Å². The van der Waals surface area contributed by atoms with Crippen molar-refractivity contribution < 1.29 is 9.59 Å². The second kappa shape index (κ2) is 30.3. The van der Waals surface area contributed by atoms with E-state index in [9.17, 15) is 20.1 Å². The van der Waals surface area contributed by atoms with Gasteiger partial charge in [0.1, 0.15) is 22.1 Å². The highest BCUT2D eigenvalue weighted by atomic mass is 35.5. The molecule has 2 N–H and O–H groups in total. The molecule has 15 aromatic rings. The Balaban J connectivity index is 0.773. The summed E-state index contributed by atoms with van der Waals surface area (Å²) in [7, 11) is 0. The molecule has 21 rings (SSSR count). The molecule has 5 aromatic heterocycles. The summed E-state index contributed by atoms with van der Waals surface area (Å²) in [5.74, 6) is 13.3. The van der Waals surface area contributed by atoms with Crippen LogP contribution in [0.4, 0.5) is 34.1 Å². The van der Waals surface area contributed by atoms with Gasteiger partial charge in [0, 0.05) is 97.7 Å². The summed E-state index contributed by atoms with van der Waals surface area (Å²) in [5, 5.41) is 21.2. The summed E-state index contributed by atoms with van der Waals surface area (Å²) in [4.78, 5) is 63.8. The Morgan fingerprint density at radius 3 is 1.11 bits per heavy atom. The maximum atomic E-state index is 14.4. The molecule has 4 aliphatic heterocycles. The Morgan fingerprint density at radius 1 is 0.402 bits per heavy atom. The van der Waals surface area contributed by atoms with Crippen LogP contribution in [0.15, 0.2) is 261 Å². The van der Waals surface area contributed by atoms with Crippen LogP contribution in [-0.4, -0.2) is 49.0 Å². The number of Topliss-reactive ketones (excluding diaryl/α,β-unsaturated/α-hetero) is 2. The minimum atomic E-state index is -0.436. The fraction of sp³-hybridized carbons (Fsp3) is 0. The molecule has 0 saturated carbocycles. The molecule has 10 aromatic carbocycles. The highest BCUT2D eigenvalue weighted by molar-refractivity contribution is 8.00. The van der Waals surface area contributed by atoms with Crippen molar-refractivity contribution in [2.75, 3.05) is 9.80 Å². The number of ketones is 2. The third-order valence-corrected chi connectivity index (χ3v) is 26.4. The molecule has 0 spiro atoms. The van der Waals surface area contributed by atoms with E-state index in [2.05, 4.69) is 199 Å². The molecule has 0 unspecified atom stereocenters. The SMILES string of the molecule is [C-]#[N+]/C(C#N)=C1\C(=C\c2ccc(C#Cc3c4nc(c(-c5ccc(N6c7ccccc7Sc7ccccc76)cc5)c5ccc([nH]5)c(C#Cc5ccc(/C=C6\C(=O)c7cc(Cl)c(Cl)cc7\C6=C(\C#N)[N+]#[C-])c6nsnc56)c5nc(c(-c6ccc(N7c8ccccc8Sc8ccccc87)cc6)c6ccc3[nH]6)C=C5)C=C4)c3nsnc23)C(=O)c2cc(Cl)c(Cl)cc21. The summed E-state index contributed by atoms with van der Waals surface area (Å²) < 4.78 is 19.1. The molecule has 2 aliphatic carbocycles. The van der Waals surface area contributed by atoms with Gasteiger partial charge < -0.3 is 19.8 Å². The lowest BCUT2D eigenvalue weighted by atomic mass is 9.99. The minimum absolute atomic E-state index is 0.105. The normalized spacial score (nSPS) is 14.7. The zero-order valence-electron chi connectivity index (χ0n) is 62.6. The predicted molar refractivity (Wildman–Crippen MR) is 490 cm³/mol. The number of halogens is 4. The first-order chi connectivity index (χ1) is 59.8. The number of allylic oxidation sites excluding steroid dienone is 6. The summed E-state index contributed by atoms with van der Waals surface area (Å²) in [6.07, 6.45) is 11.2. The minimum Gasteiger partial charge on any atom is -0.354 e. The number of hydrogen-bond donors (Lipinski definition) is 2. The lowest BCUT2D eigenvalue weighted by molar-refractivity contribution is 0.103. The van der Waals surface area contributed by atoms with Crippen LogP contribution in [0.1, 0.15) is 88.0 Å². The number of nitrogens with one attached hydrogen (secondary N) is 2. The standard InChI is InChI=1S/C98H44Cl4N14O2S4/c1-105-79(49-103)91-61-45-67(99)69(101)47-63(61)97(117)65(91)43-55-21-19-53(93-95(55)113-121-111-93)27-33-59-71-35-39-75(107-71)89(51-23-29-57(30-24-51)115-81-11-3-7-15-85(81)119-86-16-8-4-12-82(86)115)77-41-37-73(109-77)60(34-28-54-20-22-56(96-94(54)112-122-114-96)44-66-92(80(50-104)106-2)62-46-68(100)70(102)48-64(62)98(66)118)74-38-42-78(110-74)90(76-40-36-72(59)108-76)52-25-31-58(32-26-52)116-83-13-5-9-17-87(83)120-88-18-10-6-14-84(88)116/h3-26,29-32,35-48,107,110H/b65-43-,66-44-,71-59?,72-59?,73-60?,74-60?,89-75?,89-77?,90-76?,90-78?,91-79-,92-80+. The van der Waals surface area contributed by atoms with Gasteiger partial charge in [0.25, 0.3) is 11.4 Å². The van der Waals surface area contributed by atoms with Gasteiger partial charge in [-0.2, -0.15) is 17.5 Å². The molecule has 24 heteroatoms. The van der Waals surface area contributed by atoms with Crippen LogP contribution in [0.5, 0.6) is 0 Å². The molecule has 6 aliphatic rings. The van der Waals surface area contributed by atoms with Gasteiger partial charge in [0.15, 0.2) is 11.6 Å². The van der Waals surface area contributed by atoms with E-state index in [-0.39, 0.29) is 64.9 Å². The van der Waals surface area contributed by atoms with Crippen molar-refractivity contribution in [2.24, 2.45) is 0 Å². The molecule has 0 amide bonds. The second-order valence-corrected chi connectivity index (χ2v) is 33.3. The molecule has 8 bridgehead atoms. The summed E-state index contributed by atoms with van der Waals surface area (Å²) >= 11 is 31.4. The number of rotatable bonds is 6. The van der Waals surface area contributed by atoms with E-state index < -0.39 is 11.6 Å². The first kappa shape index (κ1) is 74.8. The quantitative estimate of drug-likeness (QED) is 0.0688. The Hall–Kier alpha value is -14.7. The Bertz CT molecular complexity index is 7440. The number of nitriles is 2. The van der Waals surface area contributed by atoms with E-state index in [4.69, 9.17) is 87.0 Å². The zero-order valence-corrected chi connectivity index (χ0v) is 68.9.